The minimum atomic E-state index is -0.0657. The van der Waals surface area contributed by atoms with Crippen molar-refractivity contribution >= 4 is 5.91 Å². The highest BCUT2D eigenvalue weighted by atomic mass is 16.5. The Morgan fingerprint density at radius 2 is 1.83 bits per heavy atom. The van der Waals surface area contributed by atoms with Crippen molar-refractivity contribution in [2.24, 2.45) is 5.92 Å². The molecule has 0 fully saturated rings. The highest BCUT2D eigenvalue weighted by molar-refractivity contribution is 5.77. The maximum absolute atomic E-state index is 11.6. The predicted molar refractivity (Wildman–Crippen MR) is 74.0 cm³/mol. The van der Waals surface area contributed by atoms with Crippen molar-refractivity contribution in [2.75, 3.05) is 13.2 Å². The number of nitrogens with one attached hydrogen (secondary N) is 1. The average molecular weight is 249 g/mol. The number of amides is 1. The molecule has 0 radical (unpaired) electrons. The summed E-state index contributed by atoms with van der Waals surface area (Å²) in [5.74, 6) is 1.22. The number of ether oxygens (including phenoxy) is 1. The Morgan fingerprint density at radius 1 is 1.22 bits per heavy atom. The Hall–Kier alpha value is -1.51. The Morgan fingerprint density at radius 3 is 2.44 bits per heavy atom. The summed E-state index contributed by atoms with van der Waals surface area (Å²) in [5.41, 5.74) is 3.35. The highest BCUT2D eigenvalue weighted by Crippen LogP contribution is 2.25. The molecule has 1 rings (SSSR count). The molecule has 0 atom stereocenters. The summed E-state index contributed by atoms with van der Waals surface area (Å²) in [6.07, 6.45) is 0. The molecule has 0 aliphatic carbocycles. The fourth-order valence-electron chi connectivity index (χ4n) is 1.65. The van der Waals surface area contributed by atoms with E-state index in [4.69, 9.17) is 4.74 Å². The molecule has 0 heterocycles. The molecule has 0 unspecified atom stereocenters. The molecule has 3 nitrogen and oxygen atoms in total. The fraction of sp³-hybridized carbons (Fsp3) is 0.533. The molecule has 0 aliphatic heterocycles. The number of carbonyl (C=O) groups is 1. The van der Waals surface area contributed by atoms with E-state index in [1.54, 1.807) is 0 Å². The van der Waals surface area contributed by atoms with E-state index in [9.17, 15) is 4.79 Å². The van der Waals surface area contributed by atoms with Gasteiger partial charge in [-0.1, -0.05) is 26.0 Å². The van der Waals surface area contributed by atoms with E-state index < -0.39 is 0 Å². The van der Waals surface area contributed by atoms with Gasteiger partial charge in [0.15, 0.2) is 6.61 Å². The summed E-state index contributed by atoms with van der Waals surface area (Å²) < 4.78 is 5.63. The monoisotopic (exact) mass is 249 g/mol. The van der Waals surface area contributed by atoms with Crippen molar-refractivity contribution in [2.45, 2.75) is 34.6 Å². The van der Waals surface area contributed by atoms with Crippen LogP contribution in [0.15, 0.2) is 12.1 Å². The quantitative estimate of drug-likeness (QED) is 0.871. The number of hydrogen-bond acceptors (Lipinski definition) is 2. The lowest BCUT2D eigenvalue weighted by Gasteiger charge is -2.14. The van der Waals surface area contributed by atoms with Gasteiger partial charge in [-0.2, -0.15) is 0 Å². The van der Waals surface area contributed by atoms with Crippen molar-refractivity contribution in [3.05, 3.63) is 28.8 Å². The van der Waals surface area contributed by atoms with E-state index in [-0.39, 0.29) is 12.5 Å². The van der Waals surface area contributed by atoms with Crippen LogP contribution in [-0.2, 0) is 4.79 Å². The van der Waals surface area contributed by atoms with Gasteiger partial charge < -0.3 is 10.1 Å². The third-order valence-electron chi connectivity index (χ3n) is 2.93. The molecule has 1 N–H and O–H groups in total. The minimum Gasteiger partial charge on any atom is -0.483 e. The zero-order valence-corrected chi connectivity index (χ0v) is 12.0. The van der Waals surface area contributed by atoms with Gasteiger partial charge in [0.2, 0.25) is 0 Å². The number of benzene rings is 1. The first-order valence-corrected chi connectivity index (χ1v) is 6.38. The Balaban J connectivity index is 2.58. The Labute approximate surface area is 110 Å². The van der Waals surface area contributed by atoms with E-state index in [0.29, 0.717) is 12.5 Å². The molecule has 100 valence electrons. The molecule has 1 aromatic rings. The first kappa shape index (κ1) is 14.6. The van der Waals surface area contributed by atoms with E-state index >= 15 is 0 Å². The first-order chi connectivity index (χ1) is 8.41. The fourth-order valence-corrected chi connectivity index (χ4v) is 1.65. The van der Waals surface area contributed by atoms with Gasteiger partial charge in [0.1, 0.15) is 5.75 Å². The Bertz CT molecular complexity index is 425. The van der Waals surface area contributed by atoms with Crippen LogP contribution in [0.4, 0.5) is 0 Å². The van der Waals surface area contributed by atoms with Gasteiger partial charge in [-0.25, -0.2) is 0 Å². The normalized spacial score (nSPS) is 10.6. The van der Waals surface area contributed by atoms with E-state index in [1.165, 1.54) is 5.56 Å². The van der Waals surface area contributed by atoms with Crippen LogP contribution in [0.2, 0.25) is 0 Å². The zero-order chi connectivity index (χ0) is 13.7. The molecular formula is C15H23NO2. The van der Waals surface area contributed by atoms with Gasteiger partial charge in [-0.15, -0.1) is 0 Å². The lowest BCUT2D eigenvalue weighted by molar-refractivity contribution is -0.123. The topological polar surface area (TPSA) is 38.3 Å². The van der Waals surface area contributed by atoms with E-state index in [2.05, 4.69) is 25.2 Å². The van der Waals surface area contributed by atoms with Crippen molar-refractivity contribution in [1.29, 1.82) is 0 Å². The second-order valence-electron chi connectivity index (χ2n) is 5.14. The summed E-state index contributed by atoms with van der Waals surface area (Å²) in [4.78, 5) is 11.6. The lowest BCUT2D eigenvalue weighted by atomic mass is 10.1. The molecule has 18 heavy (non-hydrogen) atoms. The number of hydrogen-bond donors (Lipinski definition) is 1. The van der Waals surface area contributed by atoms with Crippen LogP contribution < -0.4 is 10.1 Å². The van der Waals surface area contributed by atoms with Gasteiger partial charge in [0, 0.05) is 6.54 Å². The van der Waals surface area contributed by atoms with Gasteiger partial charge in [0.25, 0.3) is 5.91 Å². The van der Waals surface area contributed by atoms with E-state index in [0.717, 1.165) is 16.9 Å². The van der Waals surface area contributed by atoms with Crippen LogP contribution in [0.1, 0.15) is 30.5 Å². The largest absolute Gasteiger partial charge is 0.483 e. The van der Waals surface area contributed by atoms with Crippen molar-refractivity contribution in [1.82, 2.24) is 5.32 Å². The maximum atomic E-state index is 11.6. The minimum absolute atomic E-state index is 0.0657. The average Bonchev–Trinajstić information content (AvgIpc) is 2.31. The number of rotatable bonds is 5. The van der Waals surface area contributed by atoms with Crippen LogP contribution in [0.25, 0.3) is 0 Å². The van der Waals surface area contributed by atoms with Crippen molar-refractivity contribution in [3.63, 3.8) is 0 Å². The summed E-state index contributed by atoms with van der Waals surface area (Å²) in [5, 5.41) is 2.84. The van der Waals surface area contributed by atoms with Gasteiger partial charge in [-0.3, -0.25) is 4.79 Å². The molecule has 0 aromatic heterocycles. The molecule has 3 heteroatoms. The summed E-state index contributed by atoms with van der Waals surface area (Å²) in [7, 11) is 0. The standard InChI is InChI=1S/C15H23NO2/c1-10(2)8-16-14(17)9-18-15-12(4)7-6-11(3)13(15)5/h6-7,10H,8-9H2,1-5H3,(H,16,17). The molecule has 1 amide bonds. The van der Waals surface area contributed by atoms with Crippen LogP contribution in [0, 0.1) is 26.7 Å². The van der Waals surface area contributed by atoms with Gasteiger partial charge in [-0.05, 0) is 43.4 Å². The highest BCUT2D eigenvalue weighted by Gasteiger charge is 2.09. The summed E-state index contributed by atoms with van der Waals surface area (Å²) in [6.45, 7) is 11.0. The van der Waals surface area contributed by atoms with Gasteiger partial charge in [0.05, 0.1) is 0 Å². The van der Waals surface area contributed by atoms with Crippen LogP contribution >= 0.6 is 0 Å². The van der Waals surface area contributed by atoms with Crippen molar-refractivity contribution in [3.8, 4) is 5.75 Å². The van der Waals surface area contributed by atoms with Crippen LogP contribution in [0.3, 0.4) is 0 Å². The van der Waals surface area contributed by atoms with E-state index in [1.807, 2.05) is 26.8 Å². The number of carbonyl (C=O) groups excluding carboxylic acids is 1. The molecular weight excluding hydrogens is 226 g/mol. The van der Waals surface area contributed by atoms with Crippen molar-refractivity contribution < 1.29 is 9.53 Å². The Kier molecular flexibility index (Phi) is 5.20. The van der Waals surface area contributed by atoms with Crippen LogP contribution in [0.5, 0.6) is 5.75 Å². The molecule has 0 saturated heterocycles. The SMILES string of the molecule is Cc1ccc(C)c(OCC(=O)NCC(C)C)c1C. The summed E-state index contributed by atoms with van der Waals surface area (Å²) >= 11 is 0. The maximum Gasteiger partial charge on any atom is 0.257 e. The number of aryl methyl sites for hydroxylation is 2. The predicted octanol–water partition coefficient (Wildman–Crippen LogP) is 2.76. The second kappa shape index (κ2) is 6.43. The third kappa shape index (κ3) is 4.06. The third-order valence-corrected chi connectivity index (χ3v) is 2.93. The smallest absolute Gasteiger partial charge is 0.257 e. The zero-order valence-electron chi connectivity index (χ0n) is 12.0. The first-order valence-electron chi connectivity index (χ1n) is 6.38. The van der Waals surface area contributed by atoms with Crippen LogP contribution in [-0.4, -0.2) is 19.1 Å². The molecule has 0 spiro atoms. The summed E-state index contributed by atoms with van der Waals surface area (Å²) in [6, 6.07) is 4.08. The molecule has 0 bridgehead atoms. The molecule has 0 aliphatic rings. The molecule has 0 saturated carbocycles. The van der Waals surface area contributed by atoms with Gasteiger partial charge >= 0.3 is 0 Å². The lowest BCUT2D eigenvalue weighted by Crippen LogP contribution is -2.31. The second-order valence-corrected chi connectivity index (χ2v) is 5.14. The molecule has 1 aromatic carbocycles.